The Labute approximate surface area is 173 Å². The summed E-state index contributed by atoms with van der Waals surface area (Å²) in [5, 5.41) is 0. The Kier molecular flexibility index (Phi) is 5.76. The van der Waals surface area contributed by atoms with Gasteiger partial charge in [0, 0.05) is 31.7 Å². The first-order valence-corrected chi connectivity index (χ1v) is 10.4. The first-order valence-electron chi connectivity index (χ1n) is 10.4. The SMILES string of the molecule is COc1cccc(CN2CCCC3(CCN(Cc4ccccc4)C3)C2=O)c1OC. The summed E-state index contributed by atoms with van der Waals surface area (Å²) < 4.78 is 11.0. The molecule has 2 aliphatic heterocycles. The van der Waals surface area contributed by atoms with Crippen molar-refractivity contribution in [2.75, 3.05) is 33.9 Å². The van der Waals surface area contributed by atoms with Crippen LogP contribution in [0.25, 0.3) is 0 Å². The Morgan fingerprint density at radius 1 is 0.931 bits per heavy atom. The molecule has 2 heterocycles. The smallest absolute Gasteiger partial charge is 0.230 e. The molecule has 0 saturated carbocycles. The normalized spacial score (nSPS) is 22.3. The molecule has 0 radical (unpaired) electrons. The fraction of sp³-hybridized carbons (Fsp3) is 0.458. The minimum atomic E-state index is -0.237. The van der Waals surface area contributed by atoms with Crippen molar-refractivity contribution in [1.82, 2.24) is 9.80 Å². The number of benzene rings is 2. The molecule has 1 unspecified atom stereocenters. The van der Waals surface area contributed by atoms with Gasteiger partial charge >= 0.3 is 0 Å². The summed E-state index contributed by atoms with van der Waals surface area (Å²) in [5.41, 5.74) is 2.07. The number of carbonyl (C=O) groups is 1. The van der Waals surface area contributed by atoms with Crippen LogP contribution in [0.2, 0.25) is 0 Å². The van der Waals surface area contributed by atoms with E-state index in [1.807, 2.05) is 29.2 Å². The lowest BCUT2D eigenvalue weighted by Crippen LogP contribution is -2.49. The van der Waals surface area contributed by atoms with Gasteiger partial charge in [-0.15, -0.1) is 0 Å². The Hall–Kier alpha value is -2.53. The Morgan fingerprint density at radius 3 is 2.52 bits per heavy atom. The molecule has 1 spiro atoms. The van der Waals surface area contributed by atoms with E-state index in [2.05, 4.69) is 29.2 Å². The predicted octanol–water partition coefficient (Wildman–Crippen LogP) is 3.72. The van der Waals surface area contributed by atoms with Crippen molar-refractivity contribution in [1.29, 1.82) is 0 Å². The van der Waals surface area contributed by atoms with Gasteiger partial charge in [-0.2, -0.15) is 0 Å². The van der Waals surface area contributed by atoms with E-state index >= 15 is 0 Å². The van der Waals surface area contributed by atoms with Crippen molar-refractivity contribution >= 4 is 5.91 Å². The van der Waals surface area contributed by atoms with Gasteiger partial charge in [0.2, 0.25) is 5.91 Å². The molecular weight excluding hydrogens is 364 g/mol. The average Bonchev–Trinajstić information content (AvgIpc) is 3.15. The number of amides is 1. The maximum absolute atomic E-state index is 13.5. The third-order valence-electron chi connectivity index (χ3n) is 6.35. The number of ether oxygens (including phenoxy) is 2. The van der Waals surface area contributed by atoms with Crippen LogP contribution in [0.4, 0.5) is 0 Å². The largest absolute Gasteiger partial charge is 0.493 e. The lowest BCUT2D eigenvalue weighted by molar-refractivity contribution is -0.146. The van der Waals surface area contributed by atoms with E-state index in [-0.39, 0.29) is 5.41 Å². The highest BCUT2D eigenvalue weighted by atomic mass is 16.5. The minimum absolute atomic E-state index is 0.237. The standard InChI is InChI=1S/C24H30N2O3/c1-28-21-11-6-10-20(22(21)29-2)17-26-14-7-12-24(23(26)27)13-15-25(18-24)16-19-8-4-3-5-9-19/h3-6,8-11H,7,12-18H2,1-2H3. The number of likely N-dealkylation sites (tertiary alicyclic amines) is 2. The van der Waals surface area contributed by atoms with Gasteiger partial charge in [0.05, 0.1) is 19.6 Å². The van der Waals surface area contributed by atoms with Gasteiger partial charge in [-0.25, -0.2) is 0 Å². The fourth-order valence-corrected chi connectivity index (χ4v) is 4.90. The van der Waals surface area contributed by atoms with Gasteiger partial charge in [-0.1, -0.05) is 42.5 Å². The third-order valence-corrected chi connectivity index (χ3v) is 6.35. The molecule has 1 atom stereocenters. The van der Waals surface area contributed by atoms with Crippen LogP contribution < -0.4 is 9.47 Å². The second-order valence-corrected chi connectivity index (χ2v) is 8.21. The van der Waals surface area contributed by atoms with Crippen LogP contribution in [0, 0.1) is 5.41 Å². The molecule has 2 fully saturated rings. The van der Waals surface area contributed by atoms with Crippen molar-refractivity contribution in [3.63, 3.8) is 0 Å². The van der Waals surface area contributed by atoms with E-state index in [9.17, 15) is 4.79 Å². The van der Waals surface area contributed by atoms with Gasteiger partial charge in [-0.05, 0) is 37.4 Å². The second kappa shape index (κ2) is 8.46. The highest BCUT2D eigenvalue weighted by Gasteiger charge is 2.48. The number of rotatable bonds is 6. The molecule has 2 aliphatic rings. The zero-order chi connectivity index (χ0) is 20.3. The van der Waals surface area contributed by atoms with Gasteiger partial charge in [-0.3, -0.25) is 9.69 Å². The van der Waals surface area contributed by atoms with Crippen LogP contribution >= 0.6 is 0 Å². The van der Waals surface area contributed by atoms with Crippen molar-refractivity contribution in [3.8, 4) is 11.5 Å². The van der Waals surface area contributed by atoms with E-state index < -0.39 is 0 Å². The van der Waals surface area contributed by atoms with Crippen molar-refractivity contribution in [2.45, 2.75) is 32.4 Å². The maximum Gasteiger partial charge on any atom is 0.230 e. The van der Waals surface area contributed by atoms with E-state index in [4.69, 9.17) is 9.47 Å². The Balaban J connectivity index is 1.47. The summed E-state index contributed by atoms with van der Waals surface area (Å²) in [6.07, 6.45) is 2.99. The molecule has 2 aromatic rings. The summed E-state index contributed by atoms with van der Waals surface area (Å²) in [6.45, 7) is 4.13. The molecule has 0 aromatic heterocycles. The zero-order valence-corrected chi connectivity index (χ0v) is 17.4. The average molecular weight is 395 g/mol. The van der Waals surface area contributed by atoms with Crippen LogP contribution in [0.15, 0.2) is 48.5 Å². The van der Waals surface area contributed by atoms with Crippen molar-refractivity contribution in [2.24, 2.45) is 5.41 Å². The molecule has 5 heteroatoms. The highest BCUT2D eigenvalue weighted by molar-refractivity contribution is 5.84. The number of methoxy groups -OCH3 is 2. The van der Waals surface area contributed by atoms with Gasteiger partial charge in [0.15, 0.2) is 11.5 Å². The molecule has 154 valence electrons. The van der Waals surface area contributed by atoms with Crippen LogP contribution in [-0.2, 0) is 17.9 Å². The van der Waals surface area contributed by atoms with Crippen molar-refractivity contribution in [3.05, 3.63) is 59.7 Å². The summed E-state index contributed by atoms with van der Waals surface area (Å²) >= 11 is 0. The van der Waals surface area contributed by atoms with Crippen LogP contribution in [-0.4, -0.2) is 49.6 Å². The van der Waals surface area contributed by atoms with E-state index in [0.29, 0.717) is 18.2 Å². The second-order valence-electron chi connectivity index (χ2n) is 8.21. The highest BCUT2D eigenvalue weighted by Crippen LogP contribution is 2.41. The van der Waals surface area contributed by atoms with E-state index in [1.54, 1.807) is 14.2 Å². The minimum Gasteiger partial charge on any atom is -0.493 e. The molecular formula is C24H30N2O3. The molecule has 0 N–H and O–H groups in total. The van der Waals surface area contributed by atoms with Crippen molar-refractivity contribution < 1.29 is 14.3 Å². The Bertz CT molecular complexity index is 854. The summed E-state index contributed by atoms with van der Waals surface area (Å²) in [6, 6.07) is 16.4. The molecule has 2 saturated heterocycles. The molecule has 1 amide bonds. The van der Waals surface area contributed by atoms with Crippen LogP contribution in [0.3, 0.4) is 0 Å². The molecule has 0 aliphatic carbocycles. The third kappa shape index (κ3) is 3.97. The topological polar surface area (TPSA) is 42.0 Å². The lowest BCUT2D eigenvalue weighted by Gasteiger charge is -2.39. The maximum atomic E-state index is 13.5. The molecule has 4 rings (SSSR count). The zero-order valence-electron chi connectivity index (χ0n) is 17.4. The Morgan fingerprint density at radius 2 is 1.76 bits per heavy atom. The first kappa shape index (κ1) is 19.8. The predicted molar refractivity (Wildman–Crippen MR) is 113 cm³/mol. The van der Waals surface area contributed by atoms with Gasteiger partial charge in [0.25, 0.3) is 0 Å². The first-order chi connectivity index (χ1) is 14.1. The summed E-state index contributed by atoms with van der Waals surface area (Å²) in [5.74, 6) is 1.72. The number of piperidine rings is 1. The molecule has 5 nitrogen and oxygen atoms in total. The van der Waals surface area contributed by atoms with Crippen LogP contribution in [0.5, 0.6) is 11.5 Å². The summed E-state index contributed by atoms with van der Waals surface area (Å²) in [7, 11) is 3.29. The molecule has 2 aromatic carbocycles. The van der Waals surface area contributed by atoms with E-state index in [1.165, 1.54) is 5.56 Å². The van der Waals surface area contributed by atoms with Crippen LogP contribution in [0.1, 0.15) is 30.4 Å². The van der Waals surface area contributed by atoms with Gasteiger partial charge in [0.1, 0.15) is 0 Å². The monoisotopic (exact) mass is 394 g/mol. The summed E-state index contributed by atoms with van der Waals surface area (Å²) in [4.78, 5) is 18.0. The number of para-hydroxylation sites is 1. The number of nitrogens with zero attached hydrogens (tertiary/aromatic N) is 2. The number of hydrogen-bond acceptors (Lipinski definition) is 4. The fourth-order valence-electron chi connectivity index (χ4n) is 4.90. The van der Waals surface area contributed by atoms with E-state index in [0.717, 1.165) is 56.8 Å². The lowest BCUT2D eigenvalue weighted by atomic mass is 9.78. The number of carbonyl (C=O) groups excluding carboxylic acids is 1. The van der Waals surface area contributed by atoms with Gasteiger partial charge < -0.3 is 14.4 Å². The molecule has 0 bridgehead atoms. The molecule has 29 heavy (non-hydrogen) atoms. The number of hydrogen-bond donors (Lipinski definition) is 0. The quantitative estimate of drug-likeness (QED) is 0.749.